The Balaban J connectivity index is 1.53. The third-order valence-electron chi connectivity index (χ3n) is 5.30. The Morgan fingerprint density at radius 2 is 1.71 bits per heavy atom. The molecule has 0 aliphatic carbocycles. The van der Waals surface area contributed by atoms with Gasteiger partial charge in [0.2, 0.25) is 17.6 Å². The molecule has 0 saturated carbocycles. The number of aromatic nitrogens is 5. The molecule has 0 N–H and O–H groups in total. The Labute approximate surface area is 195 Å². The van der Waals surface area contributed by atoms with Crippen LogP contribution in [0.1, 0.15) is 24.8 Å². The highest BCUT2D eigenvalue weighted by molar-refractivity contribution is 5.76. The molecule has 2 heterocycles. The lowest BCUT2D eigenvalue weighted by atomic mass is 10.2. The van der Waals surface area contributed by atoms with Gasteiger partial charge in [-0.15, -0.1) is 0 Å². The number of rotatable bonds is 8. The van der Waals surface area contributed by atoms with Crippen LogP contribution in [0.15, 0.2) is 74.8 Å². The first kappa shape index (κ1) is 22.8. The number of hydrogen-bond acceptors (Lipinski definition) is 7. The number of aryl methyl sites for hydroxylation is 1. The van der Waals surface area contributed by atoms with Crippen LogP contribution in [0, 0.1) is 0 Å². The lowest BCUT2D eigenvalue weighted by molar-refractivity contribution is -0.130. The zero-order valence-corrected chi connectivity index (χ0v) is 18.9. The maximum absolute atomic E-state index is 12.8. The van der Waals surface area contributed by atoms with Crippen LogP contribution in [0.2, 0.25) is 0 Å². The summed E-state index contributed by atoms with van der Waals surface area (Å²) >= 11 is 0. The van der Waals surface area contributed by atoms with E-state index in [0.29, 0.717) is 12.2 Å². The second-order valence-electron chi connectivity index (χ2n) is 7.68. The van der Waals surface area contributed by atoms with Crippen LogP contribution >= 0.6 is 0 Å². The first-order valence-electron chi connectivity index (χ1n) is 10.9. The van der Waals surface area contributed by atoms with E-state index in [0.717, 1.165) is 14.8 Å². The van der Waals surface area contributed by atoms with Crippen LogP contribution in [-0.4, -0.2) is 42.3 Å². The van der Waals surface area contributed by atoms with Gasteiger partial charge in [-0.3, -0.25) is 14.2 Å². The smallest absolute Gasteiger partial charge is 0.341 e. The number of carbonyl (C=O) groups is 1. The third-order valence-corrected chi connectivity index (χ3v) is 5.30. The minimum Gasteiger partial charge on any atom is -0.341 e. The summed E-state index contributed by atoms with van der Waals surface area (Å²) in [7, 11) is 1.73. The van der Waals surface area contributed by atoms with E-state index < -0.39 is 11.2 Å². The van der Waals surface area contributed by atoms with Crippen molar-refractivity contribution in [2.24, 2.45) is 0 Å². The van der Waals surface area contributed by atoms with Gasteiger partial charge in [-0.25, -0.2) is 4.79 Å². The van der Waals surface area contributed by atoms with Crippen molar-refractivity contribution >= 4 is 5.91 Å². The molecule has 0 atom stereocenters. The molecule has 4 rings (SSSR count). The summed E-state index contributed by atoms with van der Waals surface area (Å²) in [5.41, 5.74) is 0.272. The quantitative estimate of drug-likeness (QED) is 0.395. The molecular formula is C24H24N6O4. The van der Waals surface area contributed by atoms with Crippen molar-refractivity contribution in [3.63, 3.8) is 0 Å². The van der Waals surface area contributed by atoms with E-state index >= 15 is 0 Å². The average molecular weight is 460 g/mol. The fourth-order valence-corrected chi connectivity index (χ4v) is 3.47. The van der Waals surface area contributed by atoms with E-state index in [2.05, 4.69) is 15.2 Å². The molecule has 4 aromatic rings. The van der Waals surface area contributed by atoms with E-state index in [-0.39, 0.29) is 42.7 Å². The van der Waals surface area contributed by atoms with Crippen molar-refractivity contribution in [3.05, 3.63) is 93.0 Å². The summed E-state index contributed by atoms with van der Waals surface area (Å²) in [5.74, 6) is 0.0998. The van der Waals surface area contributed by atoms with Crippen molar-refractivity contribution in [1.82, 2.24) is 29.4 Å². The van der Waals surface area contributed by atoms with Crippen molar-refractivity contribution in [2.45, 2.75) is 32.9 Å². The van der Waals surface area contributed by atoms with Gasteiger partial charge in [-0.1, -0.05) is 53.7 Å². The number of para-hydroxylation sites is 1. The molecule has 0 saturated heterocycles. The molecule has 0 fully saturated rings. The first-order valence-corrected chi connectivity index (χ1v) is 10.9. The molecule has 0 aliphatic rings. The minimum atomic E-state index is -0.606. The molecule has 0 unspecified atom stereocenters. The molecule has 2 aromatic heterocycles. The zero-order valence-electron chi connectivity index (χ0n) is 18.9. The highest BCUT2D eigenvalue weighted by atomic mass is 16.5. The fraction of sp³-hybridized carbons (Fsp3) is 0.250. The lowest BCUT2D eigenvalue weighted by Crippen LogP contribution is -2.41. The second kappa shape index (κ2) is 10.1. The molecule has 1 amide bonds. The van der Waals surface area contributed by atoms with Crippen LogP contribution in [0.25, 0.3) is 17.2 Å². The Bertz CT molecular complexity index is 1390. The number of nitrogens with zero attached hydrogens (tertiary/aromatic N) is 6. The third kappa shape index (κ3) is 4.85. The lowest BCUT2D eigenvalue weighted by Gasteiger charge is -2.16. The average Bonchev–Trinajstić information content (AvgIpc) is 3.33. The minimum absolute atomic E-state index is 0.0306. The van der Waals surface area contributed by atoms with Gasteiger partial charge in [-0.05, 0) is 24.6 Å². The molecule has 0 bridgehead atoms. The van der Waals surface area contributed by atoms with E-state index in [1.54, 1.807) is 43.1 Å². The Morgan fingerprint density at radius 3 is 2.38 bits per heavy atom. The number of amides is 1. The molecule has 10 nitrogen and oxygen atoms in total. The van der Waals surface area contributed by atoms with Crippen LogP contribution in [0.5, 0.6) is 0 Å². The number of carbonyl (C=O) groups excluding carboxylic acids is 1. The van der Waals surface area contributed by atoms with Gasteiger partial charge in [0, 0.05) is 33.0 Å². The largest absolute Gasteiger partial charge is 0.352 e. The highest BCUT2D eigenvalue weighted by Gasteiger charge is 2.20. The molecule has 34 heavy (non-hydrogen) atoms. The summed E-state index contributed by atoms with van der Waals surface area (Å²) < 4.78 is 7.46. The molecule has 174 valence electrons. The first-order chi connectivity index (χ1) is 16.5. The zero-order chi connectivity index (χ0) is 24.1. The standard InChI is InChI=1S/C24H24N6O4/c1-3-29-23(32)21(26-30(24(29)33)18-12-8-5-9-13-18)22-25-19(34-27-22)14-15-20(31)28(2)16-17-10-6-4-7-11-17/h4-13H,3,14-16H2,1-2H3. The molecule has 0 aliphatic heterocycles. The van der Waals surface area contributed by atoms with E-state index in [1.807, 2.05) is 36.4 Å². The van der Waals surface area contributed by atoms with Gasteiger partial charge in [0.25, 0.3) is 5.56 Å². The maximum atomic E-state index is 12.8. The Kier molecular flexibility index (Phi) is 6.77. The van der Waals surface area contributed by atoms with Crippen molar-refractivity contribution in [3.8, 4) is 17.2 Å². The molecule has 10 heteroatoms. The van der Waals surface area contributed by atoms with Gasteiger partial charge in [0.1, 0.15) is 0 Å². The van der Waals surface area contributed by atoms with E-state index in [4.69, 9.17) is 4.52 Å². The summed E-state index contributed by atoms with van der Waals surface area (Å²) in [4.78, 5) is 44.0. The Morgan fingerprint density at radius 1 is 1.03 bits per heavy atom. The number of hydrogen-bond donors (Lipinski definition) is 0. The van der Waals surface area contributed by atoms with E-state index in [1.165, 1.54) is 0 Å². The summed E-state index contributed by atoms with van der Waals surface area (Å²) in [5, 5.41) is 8.09. The summed E-state index contributed by atoms with van der Waals surface area (Å²) in [6.45, 7) is 2.35. The number of benzene rings is 2. The van der Waals surface area contributed by atoms with Gasteiger partial charge in [0.15, 0.2) is 5.69 Å². The highest BCUT2D eigenvalue weighted by Crippen LogP contribution is 2.12. The summed E-state index contributed by atoms with van der Waals surface area (Å²) in [6, 6.07) is 18.5. The van der Waals surface area contributed by atoms with Crippen LogP contribution in [0.3, 0.4) is 0 Å². The SMILES string of the molecule is CCn1c(=O)c(-c2noc(CCC(=O)N(C)Cc3ccccc3)n2)nn(-c2ccccc2)c1=O. The molecular weight excluding hydrogens is 436 g/mol. The predicted molar refractivity (Wildman–Crippen MR) is 124 cm³/mol. The van der Waals surface area contributed by atoms with Gasteiger partial charge >= 0.3 is 5.69 Å². The van der Waals surface area contributed by atoms with Crippen LogP contribution < -0.4 is 11.2 Å². The van der Waals surface area contributed by atoms with Crippen molar-refractivity contribution < 1.29 is 9.32 Å². The molecule has 0 spiro atoms. The monoisotopic (exact) mass is 460 g/mol. The topological polar surface area (TPSA) is 116 Å². The van der Waals surface area contributed by atoms with Crippen LogP contribution in [0.4, 0.5) is 0 Å². The van der Waals surface area contributed by atoms with Crippen LogP contribution in [-0.2, 0) is 24.3 Å². The molecule has 0 radical (unpaired) electrons. The maximum Gasteiger partial charge on any atom is 0.352 e. The van der Waals surface area contributed by atoms with Gasteiger partial charge in [0.05, 0.1) is 5.69 Å². The second-order valence-corrected chi connectivity index (χ2v) is 7.68. The van der Waals surface area contributed by atoms with Crippen molar-refractivity contribution in [1.29, 1.82) is 0 Å². The van der Waals surface area contributed by atoms with Gasteiger partial charge in [-0.2, -0.15) is 14.8 Å². The molecule has 2 aromatic carbocycles. The Hall–Kier alpha value is -4.34. The van der Waals surface area contributed by atoms with Crippen molar-refractivity contribution in [2.75, 3.05) is 7.05 Å². The fourth-order valence-electron chi connectivity index (χ4n) is 3.47. The van der Waals surface area contributed by atoms with E-state index in [9.17, 15) is 14.4 Å². The normalized spacial score (nSPS) is 10.9. The van der Waals surface area contributed by atoms with Gasteiger partial charge < -0.3 is 9.42 Å². The summed E-state index contributed by atoms with van der Waals surface area (Å²) in [6.07, 6.45) is 0.381. The predicted octanol–water partition coefficient (Wildman–Crippen LogP) is 2.06.